The molecule has 2 amide bonds. The van der Waals surface area contributed by atoms with Gasteiger partial charge in [0.2, 0.25) is 0 Å². The van der Waals surface area contributed by atoms with Crippen LogP contribution < -0.4 is 0 Å². The molecule has 120 valence electrons. The molecule has 0 unspecified atom stereocenters. The first-order valence-corrected chi connectivity index (χ1v) is 7.83. The molecule has 2 aliphatic rings. The van der Waals surface area contributed by atoms with Crippen molar-refractivity contribution in [2.45, 2.75) is 32.7 Å². The van der Waals surface area contributed by atoms with Gasteiger partial charge in [-0.1, -0.05) is 26.0 Å². The molecule has 0 radical (unpaired) electrons. The molecule has 0 aromatic heterocycles. The fraction of sp³-hybridized carbons (Fsp3) is 0.389. The standard InChI is InChI=1S/C18H19NO4/c1-11(2)10-23-18(22)13-5-3-4-12-6-7-14(17(12)13)19-15(20)8-9-16(19)21/h3-5,8-9,11,14H,6-7,10H2,1-2H3/t14-/m0/s1. The zero-order chi connectivity index (χ0) is 16.6. The quantitative estimate of drug-likeness (QED) is 0.632. The van der Waals surface area contributed by atoms with Crippen LogP contribution in [0.5, 0.6) is 0 Å². The average Bonchev–Trinajstić information content (AvgIpc) is 3.08. The zero-order valence-electron chi connectivity index (χ0n) is 13.2. The molecule has 5 heteroatoms. The Morgan fingerprint density at radius 1 is 1.26 bits per heavy atom. The van der Waals surface area contributed by atoms with E-state index in [2.05, 4.69) is 0 Å². The van der Waals surface area contributed by atoms with Crippen molar-refractivity contribution in [3.05, 3.63) is 47.0 Å². The summed E-state index contributed by atoms with van der Waals surface area (Å²) < 4.78 is 5.34. The summed E-state index contributed by atoms with van der Waals surface area (Å²) in [4.78, 5) is 37.6. The number of hydrogen-bond acceptors (Lipinski definition) is 4. The van der Waals surface area contributed by atoms with E-state index in [4.69, 9.17) is 4.74 Å². The van der Waals surface area contributed by atoms with Crippen molar-refractivity contribution in [3.63, 3.8) is 0 Å². The molecular formula is C18H19NO4. The topological polar surface area (TPSA) is 63.7 Å². The number of ether oxygens (including phenoxy) is 1. The highest BCUT2D eigenvalue weighted by atomic mass is 16.5. The molecule has 0 saturated heterocycles. The number of nitrogens with zero attached hydrogens (tertiary/aromatic N) is 1. The summed E-state index contributed by atoms with van der Waals surface area (Å²) in [5, 5.41) is 0. The molecule has 1 heterocycles. The minimum atomic E-state index is -0.394. The maximum Gasteiger partial charge on any atom is 0.338 e. The van der Waals surface area contributed by atoms with Gasteiger partial charge in [-0.25, -0.2) is 4.79 Å². The van der Waals surface area contributed by atoms with Crippen LogP contribution in [0, 0.1) is 5.92 Å². The largest absolute Gasteiger partial charge is 0.462 e. The monoisotopic (exact) mass is 313 g/mol. The molecule has 1 aliphatic carbocycles. The maximum absolute atomic E-state index is 12.4. The third-order valence-electron chi connectivity index (χ3n) is 4.14. The van der Waals surface area contributed by atoms with Crippen molar-refractivity contribution in [3.8, 4) is 0 Å². The van der Waals surface area contributed by atoms with Gasteiger partial charge in [0.25, 0.3) is 11.8 Å². The van der Waals surface area contributed by atoms with Crippen LogP contribution in [0.4, 0.5) is 0 Å². The number of rotatable bonds is 4. The van der Waals surface area contributed by atoms with Gasteiger partial charge in [-0.15, -0.1) is 0 Å². The molecule has 0 spiro atoms. The van der Waals surface area contributed by atoms with E-state index in [9.17, 15) is 14.4 Å². The number of carbonyl (C=O) groups is 3. The van der Waals surface area contributed by atoms with Gasteiger partial charge in [-0.3, -0.25) is 14.5 Å². The number of hydrogen-bond donors (Lipinski definition) is 0. The second-order valence-electron chi connectivity index (χ2n) is 6.30. The second kappa shape index (κ2) is 5.99. The third kappa shape index (κ3) is 2.79. The van der Waals surface area contributed by atoms with Gasteiger partial charge in [0, 0.05) is 12.2 Å². The van der Waals surface area contributed by atoms with Crippen LogP contribution >= 0.6 is 0 Å². The van der Waals surface area contributed by atoms with E-state index >= 15 is 0 Å². The molecule has 23 heavy (non-hydrogen) atoms. The number of carbonyl (C=O) groups excluding carboxylic acids is 3. The lowest BCUT2D eigenvalue weighted by Crippen LogP contribution is -2.34. The molecular weight excluding hydrogens is 294 g/mol. The fourth-order valence-electron chi connectivity index (χ4n) is 3.14. The van der Waals surface area contributed by atoms with E-state index in [1.807, 2.05) is 26.0 Å². The van der Waals surface area contributed by atoms with Crippen molar-refractivity contribution >= 4 is 17.8 Å². The van der Waals surface area contributed by atoms with Crippen LogP contribution in [0.1, 0.15) is 47.8 Å². The molecule has 0 saturated carbocycles. The molecule has 3 rings (SSSR count). The van der Waals surface area contributed by atoms with Gasteiger partial charge in [-0.2, -0.15) is 0 Å². The lowest BCUT2D eigenvalue weighted by Gasteiger charge is -2.24. The Kier molecular flexibility index (Phi) is 4.03. The van der Waals surface area contributed by atoms with Crippen molar-refractivity contribution in [2.75, 3.05) is 6.61 Å². The first kappa shape index (κ1) is 15.5. The Labute approximate surface area is 134 Å². The second-order valence-corrected chi connectivity index (χ2v) is 6.30. The lowest BCUT2D eigenvalue weighted by atomic mass is 9.99. The molecule has 1 atom stereocenters. The summed E-state index contributed by atoms with van der Waals surface area (Å²) in [6.07, 6.45) is 3.94. The highest BCUT2D eigenvalue weighted by molar-refractivity contribution is 6.13. The minimum Gasteiger partial charge on any atom is -0.462 e. The summed E-state index contributed by atoms with van der Waals surface area (Å²) in [5.41, 5.74) is 2.21. The van der Waals surface area contributed by atoms with Gasteiger partial charge in [-0.05, 0) is 36.0 Å². The van der Waals surface area contributed by atoms with Crippen molar-refractivity contribution in [1.29, 1.82) is 0 Å². The van der Waals surface area contributed by atoms with Crippen LogP contribution in [0.3, 0.4) is 0 Å². The van der Waals surface area contributed by atoms with E-state index < -0.39 is 5.97 Å². The van der Waals surface area contributed by atoms with E-state index in [0.29, 0.717) is 18.6 Å². The van der Waals surface area contributed by atoms with Crippen LogP contribution in [-0.2, 0) is 20.7 Å². The van der Waals surface area contributed by atoms with Crippen molar-refractivity contribution in [1.82, 2.24) is 4.90 Å². The number of aryl methyl sites for hydroxylation is 1. The van der Waals surface area contributed by atoms with E-state index in [1.165, 1.54) is 17.1 Å². The van der Waals surface area contributed by atoms with E-state index in [1.54, 1.807) is 6.07 Å². The lowest BCUT2D eigenvalue weighted by molar-refractivity contribution is -0.139. The van der Waals surface area contributed by atoms with E-state index in [0.717, 1.165) is 17.5 Å². The normalized spacial score (nSPS) is 19.6. The Hall–Kier alpha value is -2.43. The highest BCUT2D eigenvalue weighted by Crippen LogP contribution is 2.39. The summed E-state index contributed by atoms with van der Waals surface area (Å²) in [6, 6.07) is 5.08. The Bertz CT molecular complexity index is 687. The Morgan fingerprint density at radius 2 is 1.96 bits per heavy atom. The summed E-state index contributed by atoms with van der Waals surface area (Å²) in [6.45, 7) is 4.29. The number of benzene rings is 1. The summed E-state index contributed by atoms with van der Waals surface area (Å²) in [5.74, 6) is -0.789. The smallest absolute Gasteiger partial charge is 0.338 e. The number of esters is 1. The van der Waals surface area contributed by atoms with Gasteiger partial charge in [0.05, 0.1) is 18.2 Å². The first-order valence-electron chi connectivity index (χ1n) is 7.83. The molecule has 1 aliphatic heterocycles. The summed E-state index contributed by atoms with van der Waals surface area (Å²) >= 11 is 0. The van der Waals surface area contributed by atoms with Crippen molar-refractivity contribution < 1.29 is 19.1 Å². The number of imide groups is 1. The molecule has 1 aromatic rings. The molecule has 0 bridgehead atoms. The van der Waals surface area contributed by atoms with Crippen molar-refractivity contribution in [2.24, 2.45) is 5.92 Å². The highest BCUT2D eigenvalue weighted by Gasteiger charge is 2.38. The van der Waals surface area contributed by atoms with Gasteiger partial charge < -0.3 is 4.74 Å². The zero-order valence-corrected chi connectivity index (χ0v) is 13.2. The molecule has 1 aromatic carbocycles. The predicted molar refractivity (Wildman–Crippen MR) is 83.6 cm³/mol. The molecule has 0 N–H and O–H groups in total. The van der Waals surface area contributed by atoms with Gasteiger partial charge in [0.15, 0.2) is 0 Å². The van der Waals surface area contributed by atoms with Gasteiger partial charge >= 0.3 is 5.97 Å². The minimum absolute atomic E-state index is 0.248. The first-order chi connectivity index (χ1) is 11.0. The SMILES string of the molecule is CC(C)COC(=O)c1cccc2c1[C@@H](N1C(=O)C=CC1=O)CC2. The summed E-state index contributed by atoms with van der Waals surface area (Å²) in [7, 11) is 0. The van der Waals surface area contributed by atoms with Crippen LogP contribution in [0.15, 0.2) is 30.4 Å². The fourth-order valence-corrected chi connectivity index (χ4v) is 3.14. The average molecular weight is 313 g/mol. The van der Waals surface area contributed by atoms with Gasteiger partial charge in [0.1, 0.15) is 0 Å². The predicted octanol–water partition coefficient (Wildman–Crippen LogP) is 2.41. The number of fused-ring (bicyclic) bond motifs is 1. The molecule has 0 fully saturated rings. The number of amides is 2. The van der Waals surface area contributed by atoms with Crippen LogP contribution in [0.2, 0.25) is 0 Å². The third-order valence-corrected chi connectivity index (χ3v) is 4.14. The Balaban J connectivity index is 1.93. The molecule has 5 nitrogen and oxygen atoms in total. The Morgan fingerprint density at radius 3 is 2.61 bits per heavy atom. The van der Waals surface area contributed by atoms with Crippen LogP contribution in [-0.4, -0.2) is 29.3 Å². The van der Waals surface area contributed by atoms with Crippen LogP contribution in [0.25, 0.3) is 0 Å². The maximum atomic E-state index is 12.4. The van der Waals surface area contributed by atoms with E-state index in [-0.39, 0.29) is 23.8 Å².